The summed E-state index contributed by atoms with van der Waals surface area (Å²) in [5, 5.41) is 0. The first kappa shape index (κ1) is 18.7. The summed E-state index contributed by atoms with van der Waals surface area (Å²) in [7, 11) is 3.20. The average molecular weight is 381 g/mol. The number of nitrogens with zero attached hydrogens (tertiary/aromatic N) is 5. The fraction of sp³-hybridized carbons (Fsp3) is 0.476. The van der Waals surface area contributed by atoms with Crippen LogP contribution in [0.25, 0.3) is 11.2 Å². The Morgan fingerprint density at radius 1 is 1.07 bits per heavy atom. The molecule has 0 unspecified atom stereocenters. The highest BCUT2D eigenvalue weighted by Crippen LogP contribution is 2.21. The summed E-state index contributed by atoms with van der Waals surface area (Å²) in [4.78, 5) is 32.3. The minimum atomic E-state index is -0.342. The number of aryl methyl sites for hydroxylation is 1. The minimum Gasteiger partial charge on any atom is -0.321 e. The van der Waals surface area contributed by atoms with E-state index < -0.39 is 0 Å². The maximum Gasteiger partial charge on any atom is 0.332 e. The van der Waals surface area contributed by atoms with Crippen LogP contribution >= 0.6 is 0 Å². The van der Waals surface area contributed by atoms with Crippen LogP contribution in [-0.2, 0) is 40.2 Å². The van der Waals surface area contributed by atoms with Crippen LogP contribution in [-0.4, -0.2) is 30.1 Å². The maximum atomic E-state index is 12.8. The normalized spacial score (nSPS) is 14.8. The lowest BCUT2D eigenvalue weighted by atomic mass is 10.00. The third-order valence-electron chi connectivity index (χ3n) is 5.55. The van der Waals surface area contributed by atoms with Crippen LogP contribution in [0.2, 0.25) is 0 Å². The molecule has 0 saturated carbocycles. The van der Waals surface area contributed by atoms with Crippen molar-refractivity contribution in [2.45, 2.75) is 39.9 Å². The number of benzene rings is 1. The summed E-state index contributed by atoms with van der Waals surface area (Å²) in [6.07, 6.45) is 1.01. The average Bonchev–Trinajstić information content (AvgIpc) is 3.02. The summed E-state index contributed by atoms with van der Waals surface area (Å²) < 4.78 is 4.66. The first-order valence-corrected chi connectivity index (χ1v) is 9.81. The molecule has 7 nitrogen and oxygen atoms in total. The molecule has 0 saturated heterocycles. The van der Waals surface area contributed by atoms with E-state index in [2.05, 4.69) is 43.0 Å². The van der Waals surface area contributed by atoms with E-state index in [0.29, 0.717) is 30.2 Å². The molecule has 0 fully saturated rings. The lowest BCUT2D eigenvalue weighted by Gasteiger charge is -2.28. The Kier molecular flexibility index (Phi) is 4.71. The number of imidazole rings is 1. The van der Waals surface area contributed by atoms with Gasteiger partial charge in [-0.3, -0.25) is 18.8 Å². The molecule has 3 aromatic rings. The number of hydrogen-bond donors (Lipinski definition) is 0. The smallest absolute Gasteiger partial charge is 0.321 e. The number of hydrogen-bond acceptors (Lipinski definition) is 4. The fourth-order valence-corrected chi connectivity index (χ4v) is 4.06. The Hall–Kier alpha value is -2.67. The molecule has 28 heavy (non-hydrogen) atoms. The van der Waals surface area contributed by atoms with Gasteiger partial charge in [0.1, 0.15) is 5.82 Å². The van der Waals surface area contributed by atoms with Crippen LogP contribution in [0.1, 0.15) is 30.8 Å². The molecule has 0 N–H and O–H groups in total. The summed E-state index contributed by atoms with van der Waals surface area (Å²) in [5.74, 6) is 1.21. The fourth-order valence-electron chi connectivity index (χ4n) is 4.06. The Bertz CT molecular complexity index is 1150. The molecule has 2 aromatic heterocycles. The molecule has 148 valence electrons. The molecule has 0 spiro atoms. The summed E-state index contributed by atoms with van der Waals surface area (Å²) in [6.45, 7) is 7.44. The SMILES string of the molecule is CC(C)Cn1c(CN2CCc3ccccc3C2)nc2c1c(=O)n(C)c(=O)n2C. The van der Waals surface area contributed by atoms with Crippen LogP contribution in [0.15, 0.2) is 33.9 Å². The van der Waals surface area contributed by atoms with Gasteiger partial charge in [-0.25, -0.2) is 9.78 Å². The van der Waals surface area contributed by atoms with Crippen LogP contribution in [0.4, 0.5) is 0 Å². The van der Waals surface area contributed by atoms with Crippen LogP contribution in [0.5, 0.6) is 0 Å². The second-order valence-electron chi connectivity index (χ2n) is 8.14. The molecule has 1 aromatic carbocycles. The van der Waals surface area contributed by atoms with E-state index >= 15 is 0 Å². The lowest BCUT2D eigenvalue weighted by molar-refractivity contribution is 0.235. The van der Waals surface area contributed by atoms with Crippen molar-refractivity contribution in [1.82, 2.24) is 23.6 Å². The van der Waals surface area contributed by atoms with Gasteiger partial charge in [0.2, 0.25) is 0 Å². The molecule has 0 bridgehead atoms. The van der Waals surface area contributed by atoms with Gasteiger partial charge in [-0.1, -0.05) is 38.1 Å². The van der Waals surface area contributed by atoms with Crippen molar-refractivity contribution in [3.63, 3.8) is 0 Å². The van der Waals surface area contributed by atoms with Crippen molar-refractivity contribution < 1.29 is 0 Å². The van der Waals surface area contributed by atoms with Gasteiger partial charge in [0.15, 0.2) is 11.2 Å². The predicted molar refractivity (Wildman–Crippen MR) is 109 cm³/mol. The maximum absolute atomic E-state index is 12.8. The molecule has 0 atom stereocenters. The molecule has 1 aliphatic rings. The van der Waals surface area contributed by atoms with E-state index in [4.69, 9.17) is 4.98 Å². The van der Waals surface area contributed by atoms with Crippen molar-refractivity contribution >= 4 is 11.2 Å². The van der Waals surface area contributed by atoms with Crippen molar-refractivity contribution in [3.05, 3.63) is 62.1 Å². The molecule has 7 heteroatoms. The zero-order chi connectivity index (χ0) is 20.0. The molecular weight excluding hydrogens is 354 g/mol. The number of rotatable bonds is 4. The Balaban J connectivity index is 1.79. The van der Waals surface area contributed by atoms with Crippen molar-refractivity contribution in [2.75, 3.05) is 6.54 Å². The van der Waals surface area contributed by atoms with E-state index in [-0.39, 0.29) is 11.2 Å². The van der Waals surface area contributed by atoms with Gasteiger partial charge in [-0.2, -0.15) is 0 Å². The molecule has 1 aliphatic heterocycles. The van der Waals surface area contributed by atoms with E-state index in [1.165, 1.54) is 27.3 Å². The zero-order valence-corrected chi connectivity index (χ0v) is 17.0. The topological polar surface area (TPSA) is 65.1 Å². The van der Waals surface area contributed by atoms with Crippen molar-refractivity contribution in [2.24, 2.45) is 20.0 Å². The molecular formula is C21H27N5O2. The monoisotopic (exact) mass is 381 g/mol. The van der Waals surface area contributed by atoms with E-state index in [1.807, 2.05) is 4.57 Å². The van der Waals surface area contributed by atoms with Gasteiger partial charge in [0, 0.05) is 33.7 Å². The molecule has 0 amide bonds. The number of fused-ring (bicyclic) bond motifs is 2. The van der Waals surface area contributed by atoms with Gasteiger partial charge in [0.25, 0.3) is 5.56 Å². The molecule has 3 heterocycles. The highest BCUT2D eigenvalue weighted by molar-refractivity contribution is 5.71. The Morgan fingerprint density at radius 3 is 2.50 bits per heavy atom. The van der Waals surface area contributed by atoms with Crippen molar-refractivity contribution in [3.8, 4) is 0 Å². The van der Waals surface area contributed by atoms with Gasteiger partial charge in [-0.05, 0) is 23.5 Å². The Morgan fingerprint density at radius 2 is 1.79 bits per heavy atom. The second-order valence-corrected chi connectivity index (χ2v) is 8.14. The van der Waals surface area contributed by atoms with Crippen LogP contribution in [0, 0.1) is 5.92 Å². The quantitative estimate of drug-likeness (QED) is 0.689. The molecule has 4 rings (SSSR count). The predicted octanol–water partition coefficient (Wildman–Crippen LogP) is 1.65. The summed E-state index contributed by atoms with van der Waals surface area (Å²) in [5.41, 5.74) is 3.13. The van der Waals surface area contributed by atoms with E-state index in [9.17, 15) is 9.59 Å². The van der Waals surface area contributed by atoms with Crippen LogP contribution < -0.4 is 11.2 Å². The van der Waals surface area contributed by atoms with E-state index in [0.717, 1.165) is 25.3 Å². The molecule has 0 aliphatic carbocycles. The first-order valence-electron chi connectivity index (χ1n) is 9.81. The first-order chi connectivity index (χ1) is 13.4. The van der Waals surface area contributed by atoms with Crippen LogP contribution in [0.3, 0.4) is 0 Å². The highest BCUT2D eigenvalue weighted by Gasteiger charge is 2.23. The summed E-state index contributed by atoms with van der Waals surface area (Å²) in [6, 6.07) is 8.54. The highest BCUT2D eigenvalue weighted by atomic mass is 16.2. The standard InChI is InChI=1S/C21H27N5O2/c1-14(2)11-26-17(13-25-10-9-15-7-5-6-8-16(15)12-25)22-19-18(26)20(27)24(4)21(28)23(19)3/h5-8,14H,9-13H2,1-4H3. The van der Waals surface area contributed by atoms with Gasteiger partial charge in [-0.15, -0.1) is 0 Å². The minimum absolute atomic E-state index is 0.276. The second kappa shape index (κ2) is 7.05. The number of aromatic nitrogens is 4. The van der Waals surface area contributed by atoms with Gasteiger partial charge >= 0.3 is 5.69 Å². The van der Waals surface area contributed by atoms with E-state index in [1.54, 1.807) is 7.05 Å². The third-order valence-corrected chi connectivity index (χ3v) is 5.55. The van der Waals surface area contributed by atoms with Gasteiger partial charge in [0.05, 0.1) is 6.54 Å². The third kappa shape index (κ3) is 3.09. The largest absolute Gasteiger partial charge is 0.332 e. The van der Waals surface area contributed by atoms with Gasteiger partial charge < -0.3 is 4.57 Å². The Labute approximate surface area is 163 Å². The summed E-state index contributed by atoms with van der Waals surface area (Å²) >= 11 is 0. The van der Waals surface area contributed by atoms with Crippen molar-refractivity contribution in [1.29, 1.82) is 0 Å². The lowest BCUT2D eigenvalue weighted by Crippen LogP contribution is -2.37. The molecule has 0 radical (unpaired) electrons. The zero-order valence-electron chi connectivity index (χ0n) is 17.0.